The number of aryl methyl sites for hydroxylation is 1. The maximum absolute atomic E-state index is 13.4. The van der Waals surface area contributed by atoms with Crippen molar-refractivity contribution in [3.63, 3.8) is 0 Å². The summed E-state index contributed by atoms with van der Waals surface area (Å²) in [4.78, 5) is 0.0641. The summed E-state index contributed by atoms with van der Waals surface area (Å²) in [5, 5.41) is 0. The molecule has 6 heteroatoms. The highest BCUT2D eigenvalue weighted by atomic mass is 32.2. The van der Waals surface area contributed by atoms with Gasteiger partial charge in [0.05, 0.1) is 10.6 Å². The van der Waals surface area contributed by atoms with E-state index in [0.29, 0.717) is 18.7 Å². The van der Waals surface area contributed by atoms with Gasteiger partial charge in [-0.1, -0.05) is 24.3 Å². The SMILES string of the molecule is Cc1cc(F)c(N)cc1S(=O)(=O)N1Cc2ccccc2C1. The van der Waals surface area contributed by atoms with Crippen LogP contribution in [0.2, 0.25) is 0 Å². The second kappa shape index (κ2) is 4.82. The summed E-state index contributed by atoms with van der Waals surface area (Å²) in [6.07, 6.45) is 0. The number of hydrogen-bond acceptors (Lipinski definition) is 3. The van der Waals surface area contributed by atoms with Crippen LogP contribution in [0.5, 0.6) is 0 Å². The van der Waals surface area contributed by atoms with E-state index >= 15 is 0 Å². The average molecular weight is 306 g/mol. The second-order valence-electron chi connectivity index (χ2n) is 5.18. The molecular formula is C15H15FN2O2S. The second-order valence-corrected chi connectivity index (χ2v) is 7.09. The molecule has 2 aromatic rings. The number of nitrogens with two attached hydrogens (primary N) is 1. The molecule has 0 atom stereocenters. The number of fused-ring (bicyclic) bond motifs is 1. The molecule has 2 N–H and O–H groups in total. The molecular weight excluding hydrogens is 291 g/mol. The normalized spacial score (nSPS) is 15.1. The molecule has 0 aliphatic carbocycles. The minimum absolute atomic E-state index is 0.0641. The van der Waals surface area contributed by atoms with Gasteiger partial charge in [0.1, 0.15) is 5.82 Å². The Morgan fingerprint density at radius 3 is 2.29 bits per heavy atom. The number of benzene rings is 2. The predicted molar refractivity (Wildman–Crippen MR) is 78.4 cm³/mol. The van der Waals surface area contributed by atoms with Crippen LogP contribution >= 0.6 is 0 Å². The first-order chi connectivity index (χ1) is 9.89. The number of nitrogens with zero attached hydrogens (tertiary/aromatic N) is 1. The van der Waals surface area contributed by atoms with Crippen LogP contribution in [0.25, 0.3) is 0 Å². The largest absolute Gasteiger partial charge is 0.396 e. The molecule has 1 heterocycles. The van der Waals surface area contributed by atoms with Gasteiger partial charge in [0.25, 0.3) is 0 Å². The lowest BCUT2D eigenvalue weighted by Crippen LogP contribution is -2.26. The van der Waals surface area contributed by atoms with Crippen molar-refractivity contribution in [2.24, 2.45) is 0 Å². The van der Waals surface area contributed by atoms with Crippen LogP contribution in [0.3, 0.4) is 0 Å². The molecule has 0 aromatic heterocycles. The Morgan fingerprint density at radius 1 is 1.14 bits per heavy atom. The third kappa shape index (κ3) is 2.30. The van der Waals surface area contributed by atoms with Gasteiger partial charge < -0.3 is 5.73 Å². The first kappa shape index (κ1) is 14.0. The summed E-state index contributed by atoms with van der Waals surface area (Å²) in [7, 11) is -3.69. The first-order valence-corrected chi connectivity index (χ1v) is 7.96. The van der Waals surface area contributed by atoms with Gasteiger partial charge in [0.15, 0.2) is 0 Å². The maximum atomic E-state index is 13.4. The summed E-state index contributed by atoms with van der Waals surface area (Å²) in [5.74, 6) is -0.601. The summed E-state index contributed by atoms with van der Waals surface area (Å²) >= 11 is 0. The third-order valence-electron chi connectivity index (χ3n) is 3.72. The first-order valence-electron chi connectivity index (χ1n) is 6.52. The van der Waals surface area contributed by atoms with E-state index in [4.69, 9.17) is 5.73 Å². The van der Waals surface area contributed by atoms with Crippen LogP contribution in [-0.4, -0.2) is 12.7 Å². The van der Waals surface area contributed by atoms with Crippen LogP contribution in [0, 0.1) is 12.7 Å². The zero-order valence-electron chi connectivity index (χ0n) is 11.5. The van der Waals surface area contributed by atoms with E-state index in [0.717, 1.165) is 17.2 Å². The molecule has 2 aromatic carbocycles. The van der Waals surface area contributed by atoms with Gasteiger partial charge in [0.2, 0.25) is 10.0 Å². The van der Waals surface area contributed by atoms with Crippen molar-refractivity contribution in [2.45, 2.75) is 24.9 Å². The monoisotopic (exact) mass is 306 g/mol. The standard InChI is InChI=1S/C15H15FN2O2S/c1-10-6-13(16)14(17)7-15(10)21(19,20)18-8-11-4-2-3-5-12(11)9-18/h2-7H,8-9,17H2,1H3. The Balaban J connectivity index is 2.02. The molecule has 0 spiro atoms. The van der Waals surface area contributed by atoms with Crippen molar-refractivity contribution >= 4 is 15.7 Å². The summed E-state index contributed by atoms with van der Waals surface area (Å²) in [6.45, 7) is 2.23. The molecule has 0 radical (unpaired) electrons. The highest BCUT2D eigenvalue weighted by Crippen LogP contribution is 2.31. The Labute approximate surface area is 123 Å². The Morgan fingerprint density at radius 2 is 1.71 bits per heavy atom. The predicted octanol–water partition coefficient (Wildman–Crippen LogP) is 2.42. The van der Waals surface area contributed by atoms with E-state index in [2.05, 4.69) is 0 Å². The minimum Gasteiger partial charge on any atom is -0.396 e. The van der Waals surface area contributed by atoms with E-state index in [1.807, 2.05) is 24.3 Å². The van der Waals surface area contributed by atoms with Crippen LogP contribution < -0.4 is 5.73 Å². The zero-order chi connectivity index (χ0) is 15.2. The molecule has 4 nitrogen and oxygen atoms in total. The summed E-state index contributed by atoms with van der Waals surface area (Å²) < 4.78 is 40.3. The minimum atomic E-state index is -3.69. The van der Waals surface area contributed by atoms with Crippen LogP contribution in [0.15, 0.2) is 41.3 Å². The van der Waals surface area contributed by atoms with E-state index < -0.39 is 15.8 Å². The maximum Gasteiger partial charge on any atom is 0.244 e. The Bertz CT molecular complexity index is 793. The molecule has 1 aliphatic rings. The molecule has 0 saturated carbocycles. The van der Waals surface area contributed by atoms with E-state index in [-0.39, 0.29) is 10.6 Å². The van der Waals surface area contributed by atoms with Gasteiger partial charge in [-0.2, -0.15) is 4.31 Å². The van der Waals surface area contributed by atoms with Crippen molar-refractivity contribution in [3.8, 4) is 0 Å². The molecule has 0 saturated heterocycles. The number of anilines is 1. The number of sulfonamides is 1. The Hall–Kier alpha value is -1.92. The molecule has 0 amide bonds. The summed E-state index contributed by atoms with van der Waals surface area (Å²) in [6, 6.07) is 9.95. The zero-order valence-corrected chi connectivity index (χ0v) is 12.3. The van der Waals surface area contributed by atoms with E-state index in [1.54, 1.807) is 6.92 Å². The van der Waals surface area contributed by atoms with Crippen molar-refractivity contribution < 1.29 is 12.8 Å². The molecule has 0 bridgehead atoms. The quantitative estimate of drug-likeness (QED) is 0.867. The lowest BCUT2D eigenvalue weighted by Gasteiger charge is -2.17. The van der Waals surface area contributed by atoms with Gasteiger partial charge in [0, 0.05) is 13.1 Å². The lowest BCUT2D eigenvalue weighted by molar-refractivity contribution is 0.431. The molecule has 110 valence electrons. The number of nitrogen functional groups attached to an aromatic ring is 1. The van der Waals surface area contributed by atoms with Crippen LogP contribution in [0.1, 0.15) is 16.7 Å². The van der Waals surface area contributed by atoms with E-state index in [1.165, 1.54) is 10.4 Å². The van der Waals surface area contributed by atoms with Crippen molar-refractivity contribution in [1.29, 1.82) is 0 Å². The smallest absolute Gasteiger partial charge is 0.244 e. The third-order valence-corrected chi connectivity index (χ3v) is 5.66. The fourth-order valence-corrected chi connectivity index (χ4v) is 4.20. The topological polar surface area (TPSA) is 63.4 Å². The number of hydrogen-bond donors (Lipinski definition) is 1. The van der Waals surface area contributed by atoms with Crippen LogP contribution in [0.4, 0.5) is 10.1 Å². The molecule has 3 rings (SSSR count). The van der Waals surface area contributed by atoms with Gasteiger partial charge in [-0.3, -0.25) is 0 Å². The lowest BCUT2D eigenvalue weighted by atomic mass is 10.1. The van der Waals surface area contributed by atoms with Gasteiger partial charge in [-0.25, -0.2) is 12.8 Å². The van der Waals surface area contributed by atoms with E-state index in [9.17, 15) is 12.8 Å². The van der Waals surface area contributed by atoms with Crippen molar-refractivity contribution in [2.75, 3.05) is 5.73 Å². The highest BCUT2D eigenvalue weighted by molar-refractivity contribution is 7.89. The van der Waals surface area contributed by atoms with Crippen molar-refractivity contribution in [1.82, 2.24) is 4.31 Å². The number of halogens is 1. The van der Waals surface area contributed by atoms with Crippen molar-refractivity contribution in [3.05, 3.63) is 58.9 Å². The Kier molecular flexibility index (Phi) is 3.22. The highest BCUT2D eigenvalue weighted by Gasteiger charge is 2.31. The summed E-state index contributed by atoms with van der Waals surface area (Å²) in [5.41, 5.74) is 7.70. The molecule has 21 heavy (non-hydrogen) atoms. The fourth-order valence-electron chi connectivity index (χ4n) is 2.56. The van der Waals surface area contributed by atoms with Gasteiger partial charge >= 0.3 is 0 Å². The molecule has 1 aliphatic heterocycles. The van der Waals surface area contributed by atoms with Crippen LogP contribution in [-0.2, 0) is 23.1 Å². The van der Waals surface area contributed by atoms with Gasteiger partial charge in [-0.15, -0.1) is 0 Å². The molecule has 0 unspecified atom stereocenters. The fraction of sp³-hybridized carbons (Fsp3) is 0.200. The molecule has 0 fully saturated rings. The number of rotatable bonds is 2. The van der Waals surface area contributed by atoms with Gasteiger partial charge in [-0.05, 0) is 35.7 Å². The average Bonchev–Trinajstić information content (AvgIpc) is 2.87.